The van der Waals surface area contributed by atoms with Gasteiger partial charge in [0.25, 0.3) is 21.9 Å². The highest BCUT2D eigenvalue weighted by molar-refractivity contribution is 7.85. The Labute approximate surface area is 149 Å². The summed E-state index contributed by atoms with van der Waals surface area (Å²) in [5.74, 6) is -1.11. The van der Waals surface area contributed by atoms with Crippen LogP contribution in [-0.2, 0) is 16.7 Å². The van der Waals surface area contributed by atoms with E-state index < -0.39 is 26.8 Å². The van der Waals surface area contributed by atoms with Gasteiger partial charge < -0.3 is 10.4 Å². The van der Waals surface area contributed by atoms with Crippen LogP contribution in [0.15, 0.2) is 47.4 Å². The smallest absolute Gasteiger partial charge is 0.294 e. The quantitative estimate of drug-likeness (QED) is 0.387. The Kier molecular flexibility index (Phi) is 4.88. The molecule has 0 saturated carbocycles. The number of nitrogens with one attached hydrogen (secondary N) is 1. The first-order valence-electron chi connectivity index (χ1n) is 7.74. The van der Waals surface area contributed by atoms with Gasteiger partial charge in [0.1, 0.15) is 4.90 Å². The minimum absolute atomic E-state index is 0.0507. The van der Waals surface area contributed by atoms with Gasteiger partial charge in [0, 0.05) is 13.1 Å². The van der Waals surface area contributed by atoms with Crippen LogP contribution in [0, 0.1) is 0 Å². The third-order valence-electron chi connectivity index (χ3n) is 3.98. The number of hydrogen-bond donors (Lipinski definition) is 3. The van der Waals surface area contributed by atoms with Crippen LogP contribution in [0.1, 0.15) is 26.3 Å². The van der Waals surface area contributed by atoms with Gasteiger partial charge in [-0.2, -0.15) is 8.42 Å². The second-order valence-electron chi connectivity index (χ2n) is 5.66. The molecule has 0 saturated heterocycles. The predicted molar refractivity (Wildman–Crippen MR) is 92.6 cm³/mol. The summed E-state index contributed by atoms with van der Waals surface area (Å²) in [6.45, 7) is 0.192. The van der Waals surface area contributed by atoms with Gasteiger partial charge in [0.2, 0.25) is 0 Å². The minimum atomic E-state index is -4.58. The molecule has 0 aliphatic carbocycles. The average molecular weight is 376 g/mol. The molecular weight excluding hydrogens is 360 g/mol. The van der Waals surface area contributed by atoms with Crippen molar-refractivity contribution in [2.24, 2.45) is 0 Å². The van der Waals surface area contributed by atoms with Crippen molar-refractivity contribution >= 4 is 27.6 Å². The van der Waals surface area contributed by atoms with Gasteiger partial charge in [-0.1, -0.05) is 18.2 Å². The Bertz CT molecular complexity index is 951. The van der Waals surface area contributed by atoms with E-state index in [1.165, 1.54) is 24.3 Å². The number of imide groups is 1. The lowest BCUT2D eigenvalue weighted by Gasteiger charge is -2.16. The SMILES string of the molecule is O=C1c2ccccc2C(=O)N1c1ccc(CNCCO)c(S(=O)(=O)O)c1. The summed E-state index contributed by atoms with van der Waals surface area (Å²) in [7, 11) is -4.58. The van der Waals surface area contributed by atoms with Crippen molar-refractivity contribution in [3.63, 3.8) is 0 Å². The van der Waals surface area contributed by atoms with E-state index in [2.05, 4.69) is 5.32 Å². The van der Waals surface area contributed by atoms with E-state index in [1.807, 2.05) is 0 Å². The molecule has 2 aromatic carbocycles. The first kappa shape index (κ1) is 18.2. The number of rotatable bonds is 6. The molecule has 0 spiro atoms. The Balaban J connectivity index is 2.02. The number of carbonyl (C=O) groups excluding carboxylic acids is 2. The van der Waals surface area contributed by atoms with E-state index in [1.54, 1.807) is 12.1 Å². The van der Waals surface area contributed by atoms with Gasteiger partial charge in [0.05, 0.1) is 23.4 Å². The molecule has 1 aliphatic rings. The van der Waals surface area contributed by atoms with E-state index in [4.69, 9.17) is 5.11 Å². The Morgan fingerprint density at radius 2 is 1.62 bits per heavy atom. The fourth-order valence-electron chi connectivity index (χ4n) is 2.79. The van der Waals surface area contributed by atoms with E-state index in [9.17, 15) is 22.6 Å². The lowest BCUT2D eigenvalue weighted by atomic mass is 10.1. The highest BCUT2D eigenvalue weighted by Crippen LogP contribution is 2.30. The number of nitrogens with zero attached hydrogens (tertiary/aromatic N) is 1. The summed E-state index contributed by atoms with van der Waals surface area (Å²) < 4.78 is 33.0. The van der Waals surface area contributed by atoms with Gasteiger partial charge in [-0.25, -0.2) is 4.90 Å². The zero-order valence-electron chi connectivity index (χ0n) is 13.5. The number of aliphatic hydroxyl groups excluding tert-OH is 1. The largest absolute Gasteiger partial charge is 0.395 e. The third-order valence-corrected chi connectivity index (χ3v) is 4.92. The van der Waals surface area contributed by atoms with Crippen molar-refractivity contribution in [2.45, 2.75) is 11.4 Å². The van der Waals surface area contributed by atoms with E-state index in [0.717, 1.165) is 11.0 Å². The predicted octanol–water partition coefficient (Wildman–Crippen LogP) is 0.816. The number of anilines is 1. The van der Waals surface area contributed by atoms with Crippen molar-refractivity contribution in [3.8, 4) is 0 Å². The standard InChI is InChI=1S/C17H16N2O6S/c20-8-7-18-10-11-5-6-12(9-15(11)26(23,24)25)19-16(21)13-3-1-2-4-14(13)17(19)22/h1-6,9,18,20H,7-8,10H2,(H,23,24,25). The summed E-state index contributed by atoms with van der Waals surface area (Å²) in [5, 5.41) is 11.6. The van der Waals surface area contributed by atoms with Crippen molar-refractivity contribution in [2.75, 3.05) is 18.1 Å². The number of fused-ring (bicyclic) bond motifs is 1. The molecule has 0 unspecified atom stereocenters. The Morgan fingerprint density at radius 1 is 1.00 bits per heavy atom. The van der Waals surface area contributed by atoms with Gasteiger partial charge in [-0.3, -0.25) is 14.1 Å². The summed E-state index contributed by atoms with van der Waals surface area (Å²) in [4.78, 5) is 25.5. The van der Waals surface area contributed by atoms with Crippen molar-refractivity contribution in [3.05, 3.63) is 59.2 Å². The highest BCUT2D eigenvalue weighted by atomic mass is 32.2. The van der Waals surface area contributed by atoms with Crippen LogP contribution in [0.5, 0.6) is 0 Å². The number of amides is 2. The molecule has 26 heavy (non-hydrogen) atoms. The Hall–Kier alpha value is -2.59. The zero-order valence-corrected chi connectivity index (χ0v) is 14.4. The number of aliphatic hydroxyl groups is 1. The van der Waals surface area contributed by atoms with Crippen molar-refractivity contribution in [1.82, 2.24) is 5.32 Å². The van der Waals surface area contributed by atoms with Gasteiger partial charge in [-0.05, 0) is 29.8 Å². The monoisotopic (exact) mass is 376 g/mol. The van der Waals surface area contributed by atoms with Crippen LogP contribution in [0.3, 0.4) is 0 Å². The molecule has 8 nitrogen and oxygen atoms in total. The third kappa shape index (κ3) is 3.25. The lowest BCUT2D eigenvalue weighted by molar-refractivity contribution is 0.0926. The molecule has 0 radical (unpaired) electrons. The highest BCUT2D eigenvalue weighted by Gasteiger charge is 2.36. The molecular formula is C17H16N2O6S. The fourth-order valence-corrected chi connectivity index (χ4v) is 3.54. The molecule has 2 amide bonds. The molecule has 0 bridgehead atoms. The second-order valence-corrected chi connectivity index (χ2v) is 7.05. The zero-order chi connectivity index (χ0) is 18.9. The lowest BCUT2D eigenvalue weighted by Crippen LogP contribution is -2.29. The van der Waals surface area contributed by atoms with Gasteiger partial charge in [0.15, 0.2) is 0 Å². The second kappa shape index (κ2) is 6.96. The molecule has 3 rings (SSSR count). The molecule has 2 aromatic rings. The van der Waals surface area contributed by atoms with E-state index in [-0.39, 0.29) is 42.1 Å². The molecule has 3 N–H and O–H groups in total. The van der Waals surface area contributed by atoms with E-state index in [0.29, 0.717) is 0 Å². The molecule has 1 heterocycles. The molecule has 0 fully saturated rings. The fraction of sp³-hybridized carbons (Fsp3) is 0.176. The van der Waals surface area contributed by atoms with Gasteiger partial charge in [-0.15, -0.1) is 0 Å². The number of carbonyl (C=O) groups is 2. The molecule has 0 aromatic heterocycles. The first-order valence-corrected chi connectivity index (χ1v) is 9.18. The summed E-state index contributed by atoms with van der Waals surface area (Å²) in [5.41, 5.74) is 0.773. The maximum atomic E-state index is 12.5. The van der Waals surface area contributed by atoms with Crippen molar-refractivity contribution in [1.29, 1.82) is 0 Å². The Morgan fingerprint density at radius 3 is 2.15 bits per heavy atom. The van der Waals surface area contributed by atoms with Crippen LogP contribution in [0.2, 0.25) is 0 Å². The number of hydrogen-bond acceptors (Lipinski definition) is 6. The van der Waals surface area contributed by atoms with Crippen LogP contribution in [-0.4, -0.2) is 43.0 Å². The van der Waals surface area contributed by atoms with E-state index >= 15 is 0 Å². The maximum Gasteiger partial charge on any atom is 0.294 e. The van der Waals surface area contributed by atoms with Gasteiger partial charge >= 0.3 is 0 Å². The first-order chi connectivity index (χ1) is 12.3. The van der Waals surface area contributed by atoms with Crippen molar-refractivity contribution < 1.29 is 27.7 Å². The average Bonchev–Trinajstić information content (AvgIpc) is 2.86. The molecule has 1 aliphatic heterocycles. The molecule has 0 atom stereocenters. The van der Waals surface area contributed by atoms with Crippen LogP contribution < -0.4 is 10.2 Å². The minimum Gasteiger partial charge on any atom is -0.395 e. The molecule has 9 heteroatoms. The topological polar surface area (TPSA) is 124 Å². The number of benzene rings is 2. The molecule has 136 valence electrons. The summed E-state index contributed by atoms with van der Waals surface area (Å²) in [6, 6.07) is 10.2. The maximum absolute atomic E-state index is 12.5. The van der Waals surface area contributed by atoms with Crippen LogP contribution >= 0.6 is 0 Å². The normalized spacial score (nSPS) is 14.0. The van der Waals surface area contributed by atoms with Crippen LogP contribution in [0.4, 0.5) is 5.69 Å². The van der Waals surface area contributed by atoms with Crippen LogP contribution in [0.25, 0.3) is 0 Å². The summed E-state index contributed by atoms with van der Waals surface area (Å²) in [6.07, 6.45) is 0. The summed E-state index contributed by atoms with van der Waals surface area (Å²) >= 11 is 0.